The van der Waals surface area contributed by atoms with Crippen LogP contribution in [-0.2, 0) is 4.79 Å². The van der Waals surface area contributed by atoms with Gasteiger partial charge in [-0.05, 0) is 19.4 Å². The summed E-state index contributed by atoms with van der Waals surface area (Å²) >= 11 is 0. The monoisotopic (exact) mass is 139 g/mol. The summed E-state index contributed by atoms with van der Waals surface area (Å²) in [7, 11) is 0. The highest BCUT2D eigenvalue weighted by molar-refractivity contribution is 5.72. The Bertz CT molecular complexity index is 95.0. The van der Waals surface area contributed by atoms with Crippen LogP contribution in [0.5, 0.6) is 0 Å². The minimum absolute atomic E-state index is 0.464. The van der Waals surface area contributed by atoms with Gasteiger partial charge in [-0.25, -0.2) is 0 Å². The Morgan fingerprint density at radius 1 is 1.67 bits per heavy atom. The van der Waals surface area contributed by atoms with E-state index < -0.39 is 12.0 Å². The molecule has 0 aromatic heterocycles. The molecule has 0 aromatic rings. The van der Waals surface area contributed by atoms with Gasteiger partial charge in [0.15, 0.2) is 0 Å². The first-order valence-electron chi connectivity index (χ1n) is 2.87. The predicted octanol–water partition coefficient (Wildman–Crippen LogP) is -0.863. The number of carbonyl (C=O) groups is 1. The average Bonchev–Trinajstić information content (AvgIpc) is 1.82. The van der Waals surface area contributed by atoms with Crippen LogP contribution in [0, 0.1) is 0 Å². The molecule has 0 radical (unpaired) electrons. The second kappa shape index (κ2) is 4.29. The van der Waals surface area contributed by atoms with Crippen LogP contribution < -0.4 is 11.5 Å². The predicted molar refractivity (Wildman–Crippen MR) is 33.9 cm³/mol. The molecule has 0 saturated carbocycles. The van der Waals surface area contributed by atoms with Crippen molar-refractivity contribution in [3.05, 3.63) is 0 Å². The fourth-order valence-electron chi connectivity index (χ4n) is 0.461. The summed E-state index contributed by atoms with van der Waals surface area (Å²) in [6.45, 7) is 0.501. The lowest BCUT2D eigenvalue weighted by Gasteiger charge is -2.02. The summed E-state index contributed by atoms with van der Waals surface area (Å²) in [6, 6.07) is -0.742. The minimum atomic E-state index is -0.955. The van der Waals surface area contributed by atoms with Crippen LogP contribution in [0.25, 0.3) is 0 Å². The quantitative estimate of drug-likeness (QED) is 0.349. The van der Waals surface area contributed by atoms with E-state index in [1.807, 2.05) is 0 Å². The van der Waals surface area contributed by atoms with Gasteiger partial charge in [-0.2, -0.15) is 0 Å². The summed E-state index contributed by atoms with van der Waals surface area (Å²) in [4.78, 5) is 10.0. The molecule has 0 fully saturated rings. The van der Waals surface area contributed by atoms with E-state index in [0.29, 0.717) is 19.4 Å². The third-order valence-electron chi connectivity index (χ3n) is 1.04. The highest BCUT2D eigenvalue weighted by Gasteiger charge is 2.08. The molecule has 0 aliphatic heterocycles. The number of hydrogen-bond donors (Lipinski definition) is 3. The third kappa shape index (κ3) is 3.93. The van der Waals surface area contributed by atoms with Crippen molar-refractivity contribution < 1.29 is 9.90 Å². The highest BCUT2D eigenvalue weighted by Crippen LogP contribution is 1.91. The Morgan fingerprint density at radius 2 is 2.22 bits per heavy atom. The second-order valence-corrected chi connectivity index (χ2v) is 1.88. The van der Waals surface area contributed by atoms with E-state index in [1.54, 1.807) is 0 Å². The molecular formula is C5H12N2O2. The molecule has 0 aromatic carbocycles. The SMILES string of the molecule is [15NH2][13CH2][13CH2][13CH2][13C@@H]([15NH2])[13C](=O)O. The van der Waals surface area contributed by atoms with Gasteiger partial charge in [0.05, 0.1) is 0 Å². The molecule has 0 amide bonds. The molecule has 5 N–H and O–H groups in total. The second-order valence-electron chi connectivity index (χ2n) is 1.88. The lowest BCUT2D eigenvalue weighted by atomic mass is 11.1. The molecule has 9 heavy (non-hydrogen) atoms. The van der Waals surface area contributed by atoms with Crippen LogP contribution in [0.1, 0.15) is 12.8 Å². The van der Waals surface area contributed by atoms with Crippen LogP contribution >= 0.6 is 0 Å². The third-order valence-corrected chi connectivity index (χ3v) is 1.04. The van der Waals surface area contributed by atoms with Crippen molar-refractivity contribution in [1.82, 2.24) is 0 Å². The van der Waals surface area contributed by atoms with Crippen molar-refractivity contribution >= 4 is 5.97 Å². The molecule has 4 nitrogen and oxygen atoms in total. The molecule has 0 aliphatic carbocycles. The number of carboxylic acids is 1. The van der Waals surface area contributed by atoms with Crippen LogP contribution in [0.2, 0.25) is 0 Å². The Labute approximate surface area is 53.8 Å². The van der Waals surface area contributed by atoms with Gasteiger partial charge in [0, 0.05) is 0 Å². The summed E-state index contributed by atoms with van der Waals surface area (Å²) in [6.07, 6.45) is 1.14. The molecule has 0 bridgehead atoms. The minimum Gasteiger partial charge on any atom is -0.480 e. The summed E-state index contributed by atoms with van der Waals surface area (Å²) in [5, 5.41) is 8.24. The van der Waals surface area contributed by atoms with E-state index in [1.165, 1.54) is 0 Å². The van der Waals surface area contributed by atoms with Crippen LogP contribution in [0.4, 0.5) is 0 Å². The van der Waals surface area contributed by atoms with Crippen molar-refractivity contribution in [3.63, 3.8) is 0 Å². The van der Waals surface area contributed by atoms with Crippen LogP contribution in [0.3, 0.4) is 0 Å². The number of rotatable bonds is 4. The van der Waals surface area contributed by atoms with Crippen molar-refractivity contribution in [2.45, 2.75) is 18.9 Å². The molecule has 0 spiro atoms. The summed E-state index contributed by atoms with van der Waals surface area (Å²) < 4.78 is 0. The lowest BCUT2D eigenvalue weighted by Crippen LogP contribution is -2.30. The molecule has 4 heteroatoms. The first kappa shape index (κ1) is 8.39. The zero-order valence-corrected chi connectivity index (χ0v) is 5.21. The van der Waals surface area contributed by atoms with Gasteiger partial charge in [-0.15, -0.1) is 0 Å². The standard InChI is InChI=1S/C5H12N2O2/c6-3-1-2-4(7)5(8)9/h4H,1-3,6-7H2,(H,8,9)/t4-/m1/s1/i1+1,2+1,3+1,4+1,5+1,6+1,7+1. The van der Waals surface area contributed by atoms with E-state index in [2.05, 4.69) is 0 Å². The van der Waals surface area contributed by atoms with Gasteiger partial charge in [0.2, 0.25) is 0 Å². The Morgan fingerprint density at radius 3 is 2.56 bits per heavy atom. The van der Waals surface area contributed by atoms with Crippen molar-refractivity contribution in [3.8, 4) is 0 Å². The van der Waals surface area contributed by atoms with Gasteiger partial charge < -0.3 is 16.6 Å². The Kier molecular flexibility index (Phi) is 4.00. The molecule has 0 unspecified atom stereocenters. The first-order valence-corrected chi connectivity index (χ1v) is 2.87. The van der Waals surface area contributed by atoms with E-state index in [4.69, 9.17) is 16.6 Å². The fourth-order valence-corrected chi connectivity index (χ4v) is 0.461. The molecular weight excluding hydrogens is 127 g/mol. The molecule has 0 aliphatic rings. The molecule has 0 saturated heterocycles. The first-order chi connectivity index (χ1) is 4.18. The molecule has 1 atom stereocenters. The van der Waals surface area contributed by atoms with Crippen molar-refractivity contribution in [2.24, 2.45) is 11.5 Å². The Balaban J connectivity index is 3.27. The molecule has 0 rings (SSSR count). The average molecular weight is 139 g/mol. The Hall–Kier alpha value is -0.610. The smallest absolute Gasteiger partial charge is 0.320 e. The van der Waals surface area contributed by atoms with Crippen LogP contribution in [-0.4, -0.2) is 23.7 Å². The number of nitrogens with two attached hydrogens (primary N) is 2. The summed E-state index contributed by atoms with van der Waals surface area (Å²) in [5.74, 6) is -0.955. The van der Waals surface area contributed by atoms with E-state index in [0.717, 1.165) is 0 Å². The van der Waals surface area contributed by atoms with E-state index in [-0.39, 0.29) is 0 Å². The van der Waals surface area contributed by atoms with Crippen LogP contribution in [0.15, 0.2) is 0 Å². The van der Waals surface area contributed by atoms with Crippen molar-refractivity contribution in [2.75, 3.05) is 6.54 Å². The molecule has 0 heterocycles. The topological polar surface area (TPSA) is 89.3 Å². The zero-order chi connectivity index (χ0) is 7.28. The lowest BCUT2D eigenvalue weighted by molar-refractivity contribution is -0.138. The maximum Gasteiger partial charge on any atom is 0.320 e. The van der Waals surface area contributed by atoms with E-state index >= 15 is 0 Å². The van der Waals surface area contributed by atoms with Gasteiger partial charge in [-0.1, -0.05) is 0 Å². The number of hydrogen-bond acceptors (Lipinski definition) is 3. The van der Waals surface area contributed by atoms with Gasteiger partial charge in [0.25, 0.3) is 0 Å². The zero-order valence-electron chi connectivity index (χ0n) is 5.21. The largest absolute Gasteiger partial charge is 0.480 e. The normalized spacial score (nSPS) is 13.1. The maximum absolute atomic E-state index is 10.0. The van der Waals surface area contributed by atoms with Gasteiger partial charge in [0.1, 0.15) is 6.04 Å². The molecule has 54 valence electrons. The van der Waals surface area contributed by atoms with E-state index in [9.17, 15) is 4.79 Å². The number of aliphatic carboxylic acids is 1. The summed E-state index contributed by atoms with van der Waals surface area (Å²) in [5.41, 5.74) is 10.3. The van der Waals surface area contributed by atoms with Gasteiger partial charge in [-0.3, -0.25) is 4.79 Å². The van der Waals surface area contributed by atoms with Crippen molar-refractivity contribution in [1.29, 1.82) is 0 Å². The fraction of sp³-hybridized carbons (Fsp3) is 0.800. The van der Waals surface area contributed by atoms with Gasteiger partial charge >= 0.3 is 5.97 Å². The maximum atomic E-state index is 10.0. The number of carboxylic acid groups (broad SMARTS) is 1. The highest BCUT2D eigenvalue weighted by atomic mass is 16.5.